The van der Waals surface area contributed by atoms with Gasteiger partial charge in [0.25, 0.3) is 11.8 Å². The van der Waals surface area contributed by atoms with E-state index in [-0.39, 0.29) is 5.71 Å². The number of oxime groups is 1. The number of aromatic nitrogens is 1. The number of amides is 1. The van der Waals surface area contributed by atoms with E-state index < -0.39 is 28.5 Å². The lowest BCUT2D eigenvalue weighted by atomic mass is 10.1. The number of carbonyl (C=O) groups excluding carboxylic acids is 1. The van der Waals surface area contributed by atoms with Crippen LogP contribution in [0, 0.1) is 0 Å². The number of hydrogen-bond acceptors (Lipinski definition) is 4. The second-order valence-corrected chi connectivity index (χ2v) is 5.25. The highest BCUT2D eigenvalue weighted by Gasteiger charge is 2.31. The summed E-state index contributed by atoms with van der Waals surface area (Å²) in [6, 6.07) is 6.57. The minimum atomic E-state index is -4.60. The van der Waals surface area contributed by atoms with Gasteiger partial charge in [0.1, 0.15) is 5.02 Å². The molecular weight excluding hydrogens is 370 g/mol. The minimum Gasteiger partial charge on any atom is -0.364 e. The second kappa shape index (κ2) is 7.06. The third-order valence-electron chi connectivity index (χ3n) is 2.71. The maximum Gasteiger partial charge on any atom is 0.417 e. The molecule has 0 saturated heterocycles. The molecule has 0 aliphatic rings. The first kappa shape index (κ1) is 18.0. The Labute approximate surface area is 143 Å². The maximum absolute atomic E-state index is 12.5. The third-order valence-corrected chi connectivity index (χ3v) is 3.23. The molecule has 0 spiro atoms. The van der Waals surface area contributed by atoms with Crippen LogP contribution in [0.3, 0.4) is 0 Å². The van der Waals surface area contributed by atoms with E-state index in [1.54, 1.807) is 0 Å². The molecule has 0 radical (unpaired) electrons. The summed E-state index contributed by atoms with van der Waals surface area (Å²) in [4.78, 5) is 19.7. The fourth-order valence-corrected chi connectivity index (χ4v) is 1.91. The van der Waals surface area contributed by atoms with E-state index in [2.05, 4.69) is 10.1 Å². The molecule has 0 saturated carbocycles. The molecule has 0 bridgehead atoms. The predicted octanol–water partition coefficient (Wildman–Crippen LogP) is 3.68. The molecular formula is C14H8Cl2F3N3O2. The molecule has 2 N–H and O–H groups in total. The molecule has 5 nitrogen and oxygen atoms in total. The van der Waals surface area contributed by atoms with Crippen LogP contribution in [0.5, 0.6) is 5.88 Å². The highest BCUT2D eigenvalue weighted by Crippen LogP contribution is 2.33. The number of rotatable bonds is 4. The van der Waals surface area contributed by atoms with Crippen LogP contribution in [0.1, 0.15) is 11.1 Å². The SMILES string of the molecule is NC(=O)/C(=N\Oc1ncc(C(F)(F)F)cc1Cl)c1ccc(Cl)cc1. The first-order chi connectivity index (χ1) is 11.2. The number of benzene rings is 1. The van der Waals surface area contributed by atoms with Gasteiger partial charge in [0, 0.05) is 16.8 Å². The van der Waals surface area contributed by atoms with Crippen LogP contribution in [0.4, 0.5) is 13.2 Å². The summed E-state index contributed by atoms with van der Waals surface area (Å²) in [5, 5.41) is 3.52. The summed E-state index contributed by atoms with van der Waals surface area (Å²) >= 11 is 11.4. The number of primary amides is 1. The molecule has 2 rings (SSSR count). The maximum atomic E-state index is 12.5. The normalized spacial score (nSPS) is 12.1. The summed E-state index contributed by atoms with van der Waals surface area (Å²) in [6.45, 7) is 0. The Morgan fingerprint density at radius 3 is 2.33 bits per heavy atom. The van der Waals surface area contributed by atoms with Crippen LogP contribution in [-0.2, 0) is 11.0 Å². The van der Waals surface area contributed by atoms with Crippen molar-refractivity contribution in [1.82, 2.24) is 4.98 Å². The molecule has 2 aromatic rings. The molecule has 1 amide bonds. The van der Waals surface area contributed by atoms with E-state index in [0.29, 0.717) is 22.8 Å². The standard InChI is InChI=1S/C14H8Cl2F3N3O2/c15-9-3-1-7(2-4-9)11(12(20)23)22-24-13-10(16)5-8(6-21-13)14(17,18)19/h1-6H,(H2,20,23)/b22-11-. The highest BCUT2D eigenvalue weighted by molar-refractivity contribution is 6.44. The zero-order valence-electron chi connectivity index (χ0n) is 11.6. The summed E-state index contributed by atoms with van der Waals surface area (Å²) < 4.78 is 37.6. The number of hydrogen-bond donors (Lipinski definition) is 1. The lowest BCUT2D eigenvalue weighted by Crippen LogP contribution is -2.25. The number of alkyl halides is 3. The van der Waals surface area contributed by atoms with E-state index in [0.717, 1.165) is 0 Å². The van der Waals surface area contributed by atoms with Crippen molar-refractivity contribution >= 4 is 34.8 Å². The Balaban J connectivity index is 2.30. The zero-order chi connectivity index (χ0) is 17.9. The van der Waals surface area contributed by atoms with Gasteiger partial charge in [-0.25, -0.2) is 4.98 Å². The number of nitrogens with two attached hydrogens (primary N) is 1. The van der Waals surface area contributed by atoms with Crippen LogP contribution in [0.2, 0.25) is 10.0 Å². The number of pyridine rings is 1. The molecule has 0 fully saturated rings. The third kappa shape index (κ3) is 4.36. The fourth-order valence-electron chi connectivity index (χ4n) is 1.58. The molecule has 1 aromatic carbocycles. The van der Waals surface area contributed by atoms with Gasteiger partial charge in [0.2, 0.25) is 0 Å². The zero-order valence-corrected chi connectivity index (χ0v) is 13.2. The van der Waals surface area contributed by atoms with Crippen molar-refractivity contribution < 1.29 is 22.8 Å². The van der Waals surface area contributed by atoms with Crippen molar-refractivity contribution in [2.75, 3.05) is 0 Å². The van der Waals surface area contributed by atoms with Gasteiger partial charge in [-0.15, -0.1) is 0 Å². The molecule has 126 valence electrons. The van der Waals surface area contributed by atoms with Crippen molar-refractivity contribution in [3.63, 3.8) is 0 Å². The van der Waals surface area contributed by atoms with E-state index in [1.165, 1.54) is 24.3 Å². The van der Waals surface area contributed by atoms with Crippen molar-refractivity contribution in [3.05, 3.63) is 57.7 Å². The van der Waals surface area contributed by atoms with Gasteiger partial charge in [-0.3, -0.25) is 4.79 Å². The lowest BCUT2D eigenvalue weighted by Gasteiger charge is -2.08. The topological polar surface area (TPSA) is 77.6 Å². The number of nitrogens with zero attached hydrogens (tertiary/aromatic N) is 2. The molecule has 1 aromatic heterocycles. The molecule has 0 unspecified atom stereocenters. The summed E-state index contributed by atoms with van der Waals surface area (Å²) in [5.74, 6) is -1.32. The predicted molar refractivity (Wildman–Crippen MR) is 82.1 cm³/mol. The second-order valence-electron chi connectivity index (χ2n) is 4.41. The Morgan fingerprint density at radius 1 is 1.21 bits per heavy atom. The van der Waals surface area contributed by atoms with E-state index >= 15 is 0 Å². The van der Waals surface area contributed by atoms with Gasteiger partial charge in [-0.2, -0.15) is 13.2 Å². The average molecular weight is 378 g/mol. The number of carbonyl (C=O) groups is 1. The Kier molecular flexibility index (Phi) is 5.30. The minimum absolute atomic E-state index is 0.274. The summed E-state index contributed by atoms with van der Waals surface area (Å²) in [7, 11) is 0. The van der Waals surface area contributed by atoms with Gasteiger partial charge in [0.05, 0.1) is 5.56 Å². The van der Waals surface area contributed by atoms with Crippen LogP contribution in [0.15, 0.2) is 41.7 Å². The van der Waals surface area contributed by atoms with Crippen LogP contribution >= 0.6 is 23.2 Å². The molecule has 0 aliphatic carbocycles. The average Bonchev–Trinajstić information content (AvgIpc) is 2.49. The van der Waals surface area contributed by atoms with Gasteiger partial charge in [-0.05, 0) is 18.2 Å². The summed E-state index contributed by atoms with van der Waals surface area (Å²) in [5.41, 5.74) is 4.19. The Hall–Kier alpha value is -2.32. The van der Waals surface area contributed by atoms with E-state index in [9.17, 15) is 18.0 Å². The first-order valence-corrected chi connectivity index (χ1v) is 6.97. The molecule has 24 heavy (non-hydrogen) atoms. The first-order valence-electron chi connectivity index (χ1n) is 6.22. The van der Waals surface area contributed by atoms with Crippen LogP contribution in [0.25, 0.3) is 0 Å². The monoisotopic (exact) mass is 377 g/mol. The smallest absolute Gasteiger partial charge is 0.364 e. The molecule has 1 heterocycles. The van der Waals surface area contributed by atoms with Gasteiger partial charge in [-0.1, -0.05) is 40.5 Å². The largest absolute Gasteiger partial charge is 0.417 e. The van der Waals surface area contributed by atoms with Gasteiger partial charge < -0.3 is 10.6 Å². The Morgan fingerprint density at radius 2 is 1.83 bits per heavy atom. The van der Waals surface area contributed by atoms with Crippen molar-refractivity contribution in [3.8, 4) is 5.88 Å². The van der Waals surface area contributed by atoms with Gasteiger partial charge >= 0.3 is 6.18 Å². The van der Waals surface area contributed by atoms with Crippen LogP contribution < -0.4 is 10.6 Å². The van der Waals surface area contributed by atoms with Crippen molar-refractivity contribution in [2.24, 2.45) is 10.9 Å². The van der Waals surface area contributed by atoms with Crippen molar-refractivity contribution in [1.29, 1.82) is 0 Å². The Bertz CT molecular complexity index is 793. The lowest BCUT2D eigenvalue weighted by molar-refractivity contribution is -0.137. The van der Waals surface area contributed by atoms with Crippen LogP contribution in [-0.4, -0.2) is 16.6 Å². The molecule has 10 heteroatoms. The van der Waals surface area contributed by atoms with E-state index in [1.807, 2.05) is 0 Å². The highest BCUT2D eigenvalue weighted by atomic mass is 35.5. The van der Waals surface area contributed by atoms with Crippen molar-refractivity contribution in [2.45, 2.75) is 6.18 Å². The van der Waals surface area contributed by atoms with Gasteiger partial charge in [0.15, 0.2) is 5.71 Å². The quantitative estimate of drug-likeness (QED) is 0.652. The molecule has 0 aliphatic heterocycles. The fraction of sp³-hybridized carbons (Fsp3) is 0.0714. The number of halogens is 5. The molecule has 0 atom stereocenters. The summed E-state index contributed by atoms with van der Waals surface area (Å²) in [6.07, 6.45) is -4.07. The van der Waals surface area contributed by atoms with E-state index in [4.69, 9.17) is 33.8 Å².